The average molecular weight is 345 g/mol. The third-order valence-corrected chi connectivity index (χ3v) is 3.16. The molecule has 84 valence electrons. The second-order valence-corrected chi connectivity index (χ2v) is 5.88. The van der Waals surface area contributed by atoms with Crippen LogP contribution in [0.3, 0.4) is 0 Å². The van der Waals surface area contributed by atoms with E-state index < -0.39 is 0 Å². The zero-order chi connectivity index (χ0) is 11.5. The van der Waals surface area contributed by atoms with E-state index in [0.29, 0.717) is 0 Å². The molecule has 1 aromatic heterocycles. The Bertz CT molecular complexity index is 480. The zero-order valence-electron chi connectivity index (χ0n) is 8.77. The van der Waals surface area contributed by atoms with Crippen LogP contribution in [0.2, 0.25) is 0 Å². The molecule has 0 fully saturated rings. The topological polar surface area (TPSA) is 30.7 Å². The van der Waals surface area contributed by atoms with Crippen LogP contribution in [0, 0.1) is 0 Å². The molecule has 0 aliphatic carbocycles. The van der Waals surface area contributed by atoms with E-state index in [1.165, 1.54) is 5.56 Å². The molecule has 0 saturated heterocycles. The lowest BCUT2D eigenvalue weighted by Gasteiger charge is -2.01. The van der Waals surface area contributed by atoms with E-state index in [9.17, 15) is 0 Å². The molecular weight excluding hydrogens is 334 g/mol. The van der Waals surface area contributed by atoms with Crippen molar-refractivity contribution in [3.8, 4) is 0 Å². The third-order valence-electron chi connectivity index (χ3n) is 2.20. The quantitative estimate of drug-likeness (QED) is 0.797. The lowest BCUT2D eigenvalue weighted by atomic mass is 10.2. The van der Waals surface area contributed by atoms with E-state index >= 15 is 0 Å². The van der Waals surface area contributed by atoms with Crippen molar-refractivity contribution >= 4 is 31.9 Å². The Kier molecular flexibility index (Phi) is 3.76. The summed E-state index contributed by atoms with van der Waals surface area (Å²) < 4.78 is 2.92. The summed E-state index contributed by atoms with van der Waals surface area (Å²) in [5.74, 6) is 0. The van der Waals surface area contributed by atoms with Gasteiger partial charge in [-0.3, -0.25) is 0 Å². The third kappa shape index (κ3) is 2.92. The largest absolute Gasteiger partial charge is 0.248 e. The Labute approximate surface area is 111 Å². The minimum Gasteiger partial charge on any atom is -0.248 e. The minimum atomic E-state index is 0.240. The van der Waals surface area contributed by atoms with Gasteiger partial charge in [0.1, 0.15) is 0 Å². The van der Waals surface area contributed by atoms with Gasteiger partial charge in [0.05, 0.1) is 17.1 Å². The Balaban J connectivity index is 2.14. The molecule has 0 aliphatic rings. The average Bonchev–Trinajstić information content (AvgIpc) is 2.66. The van der Waals surface area contributed by atoms with Crippen LogP contribution in [-0.4, -0.2) is 15.0 Å². The zero-order valence-corrected chi connectivity index (χ0v) is 11.9. The first kappa shape index (κ1) is 11.8. The standard InChI is InChI=1S/C11H11Br2N3/c1-8(12)11-7-16(15-14-11)6-9-3-2-4-10(13)5-9/h2-5,7-8H,6H2,1H3. The summed E-state index contributed by atoms with van der Waals surface area (Å²) in [5.41, 5.74) is 2.16. The molecule has 2 aromatic rings. The number of halogens is 2. The summed E-state index contributed by atoms with van der Waals surface area (Å²) >= 11 is 6.92. The van der Waals surface area contributed by atoms with Gasteiger partial charge in [0.15, 0.2) is 0 Å². The van der Waals surface area contributed by atoms with Crippen LogP contribution in [-0.2, 0) is 6.54 Å². The van der Waals surface area contributed by atoms with Crippen molar-refractivity contribution in [3.05, 3.63) is 46.2 Å². The van der Waals surface area contributed by atoms with Crippen molar-refractivity contribution in [1.29, 1.82) is 0 Å². The highest BCUT2D eigenvalue weighted by molar-refractivity contribution is 9.10. The van der Waals surface area contributed by atoms with Gasteiger partial charge in [0, 0.05) is 10.7 Å². The van der Waals surface area contributed by atoms with Gasteiger partial charge in [-0.25, -0.2) is 4.68 Å². The summed E-state index contributed by atoms with van der Waals surface area (Å²) in [6, 6.07) is 8.18. The first-order chi connectivity index (χ1) is 7.65. The molecule has 0 spiro atoms. The second kappa shape index (κ2) is 5.10. The van der Waals surface area contributed by atoms with Gasteiger partial charge in [0.25, 0.3) is 0 Å². The number of rotatable bonds is 3. The lowest BCUT2D eigenvalue weighted by Crippen LogP contribution is -2.00. The summed E-state index contributed by atoms with van der Waals surface area (Å²) in [5, 5.41) is 8.17. The van der Waals surface area contributed by atoms with Crippen molar-refractivity contribution in [2.24, 2.45) is 0 Å². The first-order valence-electron chi connectivity index (χ1n) is 4.93. The molecule has 5 heteroatoms. The Morgan fingerprint density at radius 2 is 2.25 bits per heavy atom. The maximum absolute atomic E-state index is 4.09. The van der Waals surface area contributed by atoms with Crippen LogP contribution in [0.1, 0.15) is 23.0 Å². The number of benzene rings is 1. The van der Waals surface area contributed by atoms with Crippen molar-refractivity contribution in [2.45, 2.75) is 18.3 Å². The number of hydrogen-bond donors (Lipinski definition) is 0. The Morgan fingerprint density at radius 3 is 2.88 bits per heavy atom. The van der Waals surface area contributed by atoms with Gasteiger partial charge < -0.3 is 0 Å². The molecule has 16 heavy (non-hydrogen) atoms. The van der Waals surface area contributed by atoms with Gasteiger partial charge >= 0.3 is 0 Å². The van der Waals surface area contributed by atoms with E-state index in [1.807, 2.05) is 29.9 Å². The van der Waals surface area contributed by atoms with E-state index in [2.05, 4.69) is 54.3 Å². The first-order valence-corrected chi connectivity index (χ1v) is 6.64. The molecule has 1 unspecified atom stereocenters. The van der Waals surface area contributed by atoms with Gasteiger partial charge in [-0.1, -0.05) is 49.2 Å². The van der Waals surface area contributed by atoms with Crippen LogP contribution in [0.25, 0.3) is 0 Å². The molecule has 0 radical (unpaired) electrons. The second-order valence-electron chi connectivity index (χ2n) is 3.59. The lowest BCUT2D eigenvalue weighted by molar-refractivity contribution is 0.649. The maximum Gasteiger partial charge on any atom is 0.0960 e. The fourth-order valence-corrected chi connectivity index (χ4v) is 2.05. The predicted molar refractivity (Wildman–Crippen MR) is 70.6 cm³/mol. The molecule has 0 N–H and O–H groups in total. The molecule has 3 nitrogen and oxygen atoms in total. The molecule has 2 rings (SSSR count). The van der Waals surface area contributed by atoms with Crippen LogP contribution < -0.4 is 0 Å². The van der Waals surface area contributed by atoms with Gasteiger partial charge in [-0.15, -0.1) is 5.10 Å². The van der Waals surface area contributed by atoms with Crippen molar-refractivity contribution < 1.29 is 0 Å². The SMILES string of the molecule is CC(Br)c1cn(Cc2cccc(Br)c2)nn1. The molecule has 1 aromatic carbocycles. The van der Waals surface area contributed by atoms with E-state index in [1.54, 1.807) is 0 Å². The monoisotopic (exact) mass is 343 g/mol. The summed E-state index contributed by atoms with van der Waals surface area (Å²) in [4.78, 5) is 0.240. The maximum atomic E-state index is 4.09. The highest BCUT2D eigenvalue weighted by Crippen LogP contribution is 2.18. The Hall–Kier alpha value is -0.680. The van der Waals surface area contributed by atoms with Crippen LogP contribution in [0.5, 0.6) is 0 Å². The highest BCUT2D eigenvalue weighted by Gasteiger charge is 2.06. The van der Waals surface area contributed by atoms with Crippen LogP contribution >= 0.6 is 31.9 Å². The number of hydrogen-bond acceptors (Lipinski definition) is 2. The van der Waals surface area contributed by atoms with E-state index in [0.717, 1.165) is 16.7 Å². The van der Waals surface area contributed by atoms with Crippen molar-refractivity contribution in [2.75, 3.05) is 0 Å². The molecule has 0 bridgehead atoms. The number of aromatic nitrogens is 3. The minimum absolute atomic E-state index is 0.240. The molecular formula is C11H11Br2N3. The van der Waals surface area contributed by atoms with Crippen LogP contribution in [0.4, 0.5) is 0 Å². The molecule has 0 saturated carbocycles. The highest BCUT2D eigenvalue weighted by atomic mass is 79.9. The van der Waals surface area contributed by atoms with Gasteiger partial charge in [-0.05, 0) is 24.6 Å². The smallest absolute Gasteiger partial charge is 0.0960 e. The predicted octanol–water partition coefficient (Wildman–Crippen LogP) is 3.54. The fourth-order valence-electron chi connectivity index (χ4n) is 1.40. The van der Waals surface area contributed by atoms with E-state index in [-0.39, 0.29) is 4.83 Å². The summed E-state index contributed by atoms with van der Waals surface area (Å²) in [6.45, 7) is 2.78. The molecule has 1 atom stereocenters. The summed E-state index contributed by atoms with van der Waals surface area (Å²) in [7, 11) is 0. The fraction of sp³-hybridized carbons (Fsp3) is 0.273. The van der Waals surface area contributed by atoms with Crippen molar-refractivity contribution in [1.82, 2.24) is 15.0 Å². The molecule has 0 aliphatic heterocycles. The molecule has 1 heterocycles. The Morgan fingerprint density at radius 1 is 1.44 bits per heavy atom. The van der Waals surface area contributed by atoms with E-state index in [4.69, 9.17) is 0 Å². The number of nitrogens with zero attached hydrogens (tertiary/aromatic N) is 3. The normalized spacial score (nSPS) is 12.7. The number of alkyl halides is 1. The van der Waals surface area contributed by atoms with Crippen LogP contribution in [0.15, 0.2) is 34.9 Å². The van der Waals surface area contributed by atoms with Gasteiger partial charge in [-0.2, -0.15) is 0 Å². The summed E-state index contributed by atoms with van der Waals surface area (Å²) in [6.07, 6.45) is 1.96. The molecule has 0 amide bonds. The van der Waals surface area contributed by atoms with Crippen molar-refractivity contribution in [3.63, 3.8) is 0 Å². The van der Waals surface area contributed by atoms with Gasteiger partial charge in [0.2, 0.25) is 0 Å².